The van der Waals surface area contributed by atoms with Crippen molar-refractivity contribution >= 4 is 23.5 Å². The second-order valence-electron chi connectivity index (χ2n) is 4.55. The average Bonchev–Trinajstić information content (AvgIpc) is 2.71. The Morgan fingerprint density at radius 1 is 1.13 bits per heavy atom. The zero-order chi connectivity index (χ0) is 21.7. The molecule has 0 heterocycles. The minimum atomic E-state index is -0.0581. The van der Waals surface area contributed by atoms with Gasteiger partial charge in [-0.15, -0.1) is 0 Å². The third-order valence-corrected chi connectivity index (χ3v) is 3.53. The maximum atomic E-state index is 11.0. The van der Waals surface area contributed by atoms with E-state index in [0.29, 0.717) is 0 Å². The van der Waals surface area contributed by atoms with E-state index in [1.54, 1.807) is 18.9 Å². The number of anilines is 1. The van der Waals surface area contributed by atoms with E-state index in [1.807, 2.05) is 84.2 Å². The largest absolute Gasteiger partial charge is 3.00 e. The van der Waals surface area contributed by atoms with Gasteiger partial charge in [0, 0.05) is 24.1 Å². The fraction of sp³-hybridized carbons (Fsp3) is 0.360. The first-order valence-electron chi connectivity index (χ1n) is 9.47. The Hall–Kier alpha value is -0.676. The van der Waals surface area contributed by atoms with Crippen LogP contribution in [0.25, 0.3) is 0 Å². The molecule has 0 unspecified atom stereocenters. The molecule has 0 bridgehead atoms. The second-order valence-corrected chi connectivity index (χ2v) is 5.83. The summed E-state index contributed by atoms with van der Waals surface area (Å²) in [4.78, 5) is 12.1. The number of hydrogen-bond donors (Lipinski definition) is 1. The van der Waals surface area contributed by atoms with Crippen LogP contribution in [0.15, 0.2) is 65.6 Å². The van der Waals surface area contributed by atoms with Gasteiger partial charge in [0.1, 0.15) is 0 Å². The molecule has 1 aromatic rings. The number of hydrogen-bond acceptors (Lipinski definition) is 3. The van der Waals surface area contributed by atoms with Gasteiger partial charge >= 0.3 is 32.7 Å². The second kappa shape index (κ2) is 33.0. The van der Waals surface area contributed by atoms with Crippen molar-refractivity contribution in [1.82, 2.24) is 4.31 Å². The minimum absolute atomic E-state index is 0. The van der Waals surface area contributed by atoms with Gasteiger partial charge in [0.05, 0.1) is 0 Å². The number of amides is 1. The summed E-state index contributed by atoms with van der Waals surface area (Å²) in [5.41, 5.74) is 1.98. The van der Waals surface area contributed by atoms with Crippen molar-refractivity contribution < 1.29 is 37.5 Å². The van der Waals surface area contributed by atoms with Crippen LogP contribution in [0.1, 0.15) is 48.5 Å². The Balaban J connectivity index is -0.000000146. The fourth-order valence-electron chi connectivity index (χ4n) is 1.68. The first-order valence-corrected chi connectivity index (χ1v) is 10.2. The van der Waals surface area contributed by atoms with E-state index in [4.69, 9.17) is 0 Å². The van der Waals surface area contributed by atoms with E-state index in [9.17, 15) is 4.79 Å². The minimum Gasteiger partial charge on any atom is -0.358 e. The Morgan fingerprint density at radius 2 is 1.60 bits per heavy atom. The quantitative estimate of drug-likeness (QED) is 0.229. The Bertz CT molecular complexity index is 541. The molecule has 0 aromatic heterocycles. The molecule has 1 rings (SSSR count). The van der Waals surface area contributed by atoms with Gasteiger partial charge in [-0.3, -0.25) is 4.79 Å². The summed E-state index contributed by atoms with van der Waals surface area (Å²) < 4.78 is 2.14. The number of nitrogens with zero attached hydrogens (tertiary/aromatic N) is 1. The van der Waals surface area contributed by atoms with Crippen LogP contribution in [0.3, 0.4) is 0 Å². The molecule has 0 aliphatic rings. The van der Waals surface area contributed by atoms with Crippen LogP contribution in [0.2, 0.25) is 0 Å². The zero-order valence-electron chi connectivity index (χ0n) is 21.1. The molecular formula is C25H45N2OSY. The summed E-state index contributed by atoms with van der Waals surface area (Å²) >= 11 is 1.66. The molecule has 0 spiro atoms. The Morgan fingerprint density at radius 3 is 1.97 bits per heavy atom. The van der Waals surface area contributed by atoms with Crippen molar-refractivity contribution in [3.63, 3.8) is 0 Å². The number of allylic oxidation sites excluding steroid dienone is 3. The third-order valence-electron chi connectivity index (χ3n) is 2.61. The molecule has 1 N–H and O–H groups in total. The van der Waals surface area contributed by atoms with Crippen molar-refractivity contribution in [1.29, 1.82) is 0 Å². The van der Waals surface area contributed by atoms with Crippen LogP contribution in [0.5, 0.6) is 0 Å². The summed E-state index contributed by atoms with van der Waals surface area (Å²) in [6.07, 6.45) is 7.94. The van der Waals surface area contributed by atoms with Gasteiger partial charge in [-0.05, 0) is 55.8 Å². The van der Waals surface area contributed by atoms with Crippen LogP contribution < -0.4 is 5.32 Å². The van der Waals surface area contributed by atoms with E-state index in [0.717, 1.165) is 22.7 Å². The molecule has 5 heteroatoms. The van der Waals surface area contributed by atoms with E-state index >= 15 is 0 Å². The number of benzene rings is 1. The van der Waals surface area contributed by atoms with Crippen LogP contribution >= 0.6 is 11.9 Å². The molecule has 0 atom stereocenters. The van der Waals surface area contributed by atoms with E-state index in [-0.39, 0.29) is 53.5 Å². The van der Waals surface area contributed by atoms with Crippen LogP contribution in [-0.4, -0.2) is 23.8 Å². The number of carbonyl (C=O) groups excluding carboxylic acids is 1. The molecule has 0 saturated carbocycles. The van der Waals surface area contributed by atoms with Gasteiger partial charge in [0.25, 0.3) is 0 Å². The molecule has 0 radical (unpaired) electrons. The topological polar surface area (TPSA) is 32.3 Å². The van der Waals surface area contributed by atoms with Crippen molar-refractivity contribution in [2.45, 2.75) is 53.4 Å². The fourth-order valence-corrected chi connectivity index (χ4v) is 2.51. The average molecular weight is 511 g/mol. The standard InChI is InChI=1S/C17H22N2OS.2C2H6.C2H5.2CH3.Y/c1-5-7-8-15(6-2)13-19(4)21-17-11-9-16(10-12-17)18-14(3)20;3*1-2;;;/h5-12H,2,13H2,1,3-4H3,(H,18,20);2*1-2H3;1H2,2H3;2*1H3;/q;;;3*-1;+3/b7-5-,15-8+;;;;;;. The van der Waals surface area contributed by atoms with Gasteiger partial charge in [-0.2, -0.15) is 6.92 Å². The van der Waals surface area contributed by atoms with Crippen molar-refractivity contribution in [2.24, 2.45) is 0 Å². The Kier molecular flexibility index (Phi) is 47.5. The van der Waals surface area contributed by atoms with Gasteiger partial charge in [0.15, 0.2) is 0 Å². The SMILES string of the molecule is C=C/C(=C\C=C/C)CN(C)Sc1ccc(NC(C)=O)cc1.CC.CC.[CH2-]C.[CH3-].[CH3-].[Y+3]. The maximum Gasteiger partial charge on any atom is 3.00 e. The van der Waals surface area contributed by atoms with Crippen molar-refractivity contribution in [3.05, 3.63) is 82.5 Å². The maximum absolute atomic E-state index is 11.0. The van der Waals surface area contributed by atoms with Gasteiger partial charge < -0.3 is 27.1 Å². The summed E-state index contributed by atoms with van der Waals surface area (Å²) in [5, 5.41) is 2.76. The summed E-state index contributed by atoms with van der Waals surface area (Å²) in [6.45, 7) is 21.1. The predicted octanol–water partition coefficient (Wildman–Crippen LogP) is 8.06. The number of rotatable bonds is 7. The number of likely N-dealkylation sites (N-methyl/N-ethyl adjacent to an activating group) is 1. The van der Waals surface area contributed by atoms with Crippen LogP contribution in [0, 0.1) is 21.8 Å². The number of nitrogens with one attached hydrogen (secondary N) is 1. The van der Waals surface area contributed by atoms with Gasteiger partial charge in [-0.25, -0.2) is 4.31 Å². The first kappa shape index (κ1) is 43.2. The molecule has 0 aliphatic heterocycles. The summed E-state index contributed by atoms with van der Waals surface area (Å²) in [6, 6.07) is 7.80. The normalized spacial score (nSPS) is 8.93. The van der Waals surface area contributed by atoms with Crippen LogP contribution in [-0.2, 0) is 37.5 Å². The predicted molar refractivity (Wildman–Crippen MR) is 139 cm³/mol. The van der Waals surface area contributed by atoms with Crippen molar-refractivity contribution in [3.8, 4) is 0 Å². The molecular weight excluding hydrogens is 465 g/mol. The molecule has 1 amide bonds. The molecule has 30 heavy (non-hydrogen) atoms. The van der Waals surface area contributed by atoms with E-state index in [1.165, 1.54) is 6.92 Å². The first-order chi connectivity index (χ1) is 13.0. The molecule has 1 aromatic carbocycles. The molecule has 0 fully saturated rings. The van der Waals surface area contributed by atoms with Gasteiger partial charge in [0.2, 0.25) is 5.91 Å². The Labute approximate surface area is 218 Å². The third kappa shape index (κ3) is 25.4. The molecule has 3 nitrogen and oxygen atoms in total. The number of carbonyl (C=O) groups is 1. The van der Waals surface area contributed by atoms with E-state index in [2.05, 4.69) is 29.2 Å². The van der Waals surface area contributed by atoms with Gasteiger partial charge in [-0.1, -0.05) is 58.6 Å². The zero-order valence-corrected chi connectivity index (χ0v) is 24.7. The smallest absolute Gasteiger partial charge is 0.358 e. The molecule has 0 saturated heterocycles. The molecule has 170 valence electrons. The van der Waals surface area contributed by atoms with Crippen LogP contribution in [0.4, 0.5) is 5.69 Å². The summed E-state index contributed by atoms with van der Waals surface area (Å²) in [7, 11) is 2.04. The van der Waals surface area contributed by atoms with E-state index < -0.39 is 0 Å². The monoisotopic (exact) mass is 510 g/mol. The van der Waals surface area contributed by atoms with Crippen molar-refractivity contribution in [2.75, 3.05) is 18.9 Å². The molecule has 0 aliphatic carbocycles. The summed E-state index contributed by atoms with van der Waals surface area (Å²) in [5.74, 6) is -0.0581.